The van der Waals surface area contributed by atoms with Gasteiger partial charge in [-0.1, -0.05) is 24.3 Å². The Balaban J connectivity index is 1.57. The molecule has 30 heavy (non-hydrogen) atoms. The molecule has 7 heteroatoms. The first-order valence-corrected chi connectivity index (χ1v) is 9.53. The molecule has 2 aromatic rings. The number of nitrogens with one attached hydrogen (secondary N) is 1. The maximum Gasteiger partial charge on any atom is 0.250 e. The third kappa shape index (κ3) is 8.06. The predicted octanol–water partition coefficient (Wildman–Crippen LogP) is 2.88. The van der Waals surface area contributed by atoms with Crippen LogP contribution in [0.1, 0.15) is 40.1 Å². The Bertz CT molecular complexity index is 811. The van der Waals surface area contributed by atoms with E-state index in [0.29, 0.717) is 16.8 Å². The van der Waals surface area contributed by atoms with E-state index in [4.69, 9.17) is 9.47 Å². The van der Waals surface area contributed by atoms with Crippen LogP contribution >= 0.6 is 0 Å². The zero-order valence-electron chi connectivity index (χ0n) is 17.1. The van der Waals surface area contributed by atoms with E-state index in [1.54, 1.807) is 48.5 Å². The summed E-state index contributed by atoms with van der Waals surface area (Å²) in [5, 5.41) is 2.66. The Hall–Kier alpha value is -3.16. The van der Waals surface area contributed by atoms with Crippen LogP contribution in [0.3, 0.4) is 0 Å². The van der Waals surface area contributed by atoms with Gasteiger partial charge in [0.1, 0.15) is 13.2 Å². The Morgan fingerprint density at radius 3 is 1.77 bits per heavy atom. The van der Waals surface area contributed by atoms with E-state index in [9.17, 15) is 19.2 Å². The van der Waals surface area contributed by atoms with Crippen LogP contribution in [0.5, 0.6) is 0 Å². The minimum Gasteiger partial charge on any atom is -0.371 e. The van der Waals surface area contributed by atoms with Crippen molar-refractivity contribution in [3.8, 4) is 0 Å². The number of benzene rings is 2. The number of anilines is 1. The molecule has 0 bridgehead atoms. The molecule has 0 aliphatic rings. The van der Waals surface area contributed by atoms with Crippen molar-refractivity contribution < 1.29 is 28.7 Å². The molecule has 0 spiro atoms. The van der Waals surface area contributed by atoms with Gasteiger partial charge in [0.15, 0.2) is 17.3 Å². The molecule has 158 valence electrons. The van der Waals surface area contributed by atoms with Gasteiger partial charge >= 0.3 is 0 Å². The molecular formula is C23H25NO6. The van der Waals surface area contributed by atoms with E-state index in [1.165, 1.54) is 13.8 Å². The smallest absolute Gasteiger partial charge is 0.250 e. The number of carbonyl (C=O) groups is 4. The minimum atomic E-state index is -0.323. The highest BCUT2D eigenvalue weighted by atomic mass is 16.5. The number of ether oxygens (including phenoxy) is 2. The van der Waals surface area contributed by atoms with Crippen LogP contribution in [0, 0.1) is 0 Å². The van der Waals surface area contributed by atoms with Gasteiger partial charge in [-0.05, 0) is 43.7 Å². The molecule has 2 rings (SSSR count). The summed E-state index contributed by atoms with van der Waals surface area (Å²) in [5.41, 5.74) is 2.57. The van der Waals surface area contributed by atoms with Crippen molar-refractivity contribution in [2.75, 3.05) is 31.7 Å². The van der Waals surface area contributed by atoms with Crippen LogP contribution in [-0.2, 0) is 25.5 Å². The summed E-state index contributed by atoms with van der Waals surface area (Å²) >= 11 is 0. The normalized spacial score (nSPS) is 10.5. The van der Waals surface area contributed by atoms with E-state index < -0.39 is 0 Å². The molecule has 1 N–H and O–H groups in total. The lowest BCUT2D eigenvalue weighted by Crippen LogP contribution is -2.20. The van der Waals surface area contributed by atoms with Crippen LogP contribution in [0.15, 0.2) is 48.5 Å². The highest BCUT2D eigenvalue weighted by molar-refractivity contribution is 5.96. The van der Waals surface area contributed by atoms with Gasteiger partial charge in [-0.15, -0.1) is 0 Å². The predicted molar refractivity (Wildman–Crippen MR) is 112 cm³/mol. The highest BCUT2D eigenvalue weighted by Gasteiger charge is 2.07. The number of amides is 1. The van der Waals surface area contributed by atoms with E-state index >= 15 is 0 Å². The molecule has 0 aliphatic heterocycles. The molecular weight excluding hydrogens is 386 g/mol. The molecule has 0 saturated heterocycles. The molecule has 0 radical (unpaired) electrons. The Labute approximate surface area is 175 Å². The largest absolute Gasteiger partial charge is 0.371 e. The summed E-state index contributed by atoms with van der Waals surface area (Å²) in [4.78, 5) is 46.2. The third-order valence-corrected chi connectivity index (χ3v) is 4.21. The fourth-order valence-corrected chi connectivity index (χ4v) is 2.59. The maximum atomic E-state index is 11.9. The second kappa shape index (κ2) is 11.7. The molecule has 2 aromatic carbocycles. The second-order valence-corrected chi connectivity index (χ2v) is 6.76. The van der Waals surface area contributed by atoms with Crippen LogP contribution < -0.4 is 5.32 Å². The molecule has 7 nitrogen and oxygen atoms in total. The zero-order valence-corrected chi connectivity index (χ0v) is 17.1. The monoisotopic (exact) mass is 411 g/mol. The van der Waals surface area contributed by atoms with Gasteiger partial charge < -0.3 is 14.8 Å². The SMILES string of the molecule is CC(=O)c1ccc(CC(=O)COCCOCC(=O)Nc2ccc(C(C)=O)cc2)cc1. The van der Waals surface area contributed by atoms with Crippen molar-refractivity contribution in [1.29, 1.82) is 0 Å². The summed E-state index contributed by atoms with van der Waals surface area (Å²) in [5.74, 6) is -0.468. The number of hydrogen-bond acceptors (Lipinski definition) is 6. The third-order valence-electron chi connectivity index (χ3n) is 4.21. The maximum absolute atomic E-state index is 11.9. The molecule has 0 fully saturated rings. The fraction of sp³-hybridized carbons (Fsp3) is 0.304. The average Bonchev–Trinajstić information content (AvgIpc) is 2.71. The van der Waals surface area contributed by atoms with E-state index in [-0.39, 0.29) is 56.1 Å². The van der Waals surface area contributed by atoms with Crippen LogP contribution in [-0.4, -0.2) is 49.7 Å². The number of rotatable bonds is 12. The highest BCUT2D eigenvalue weighted by Crippen LogP contribution is 2.10. The van der Waals surface area contributed by atoms with E-state index in [2.05, 4.69) is 5.32 Å². The molecule has 0 aliphatic carbocycles. The van der Waals surface area contributed by atoms with Crippen molar-refractivity contribution >= 4 is 28.9 Å². The van der Waals surface area contributed by atoms with Crippen molar-refractivity contribution in [3.63, 3.8) is 0 Å². The number of hydrogen-bond donors (Lipinski definition) is 1. The van der Waals surface area contributed by atoms with Gasteiger partial charge in [0.25, 0.3) is 0 Å². The molecule has 0 heterocycles. The minimum absolute atomic E-state index is 0.0178. The summed E-state index contributed by atoms with van der Waals surface area (Å²) in [6.45, 7) is 3.14. The van der Waals surface area contributed by atoms with Crippen molar-refractivity contribution in [1.82, 2.24) is 0 Å². The van der Waals surface area contributed by atoms with Crippen LogP contribution in [0.2, 0.25) is 0 Å². The van der Waals surface area contributed by atoms with Gasteiger partial charge in [-0.3, -0.25) is 19.2 Å². The Morgan fingerprint density at radius 1 is 0.733 bits per heavy atom. The van der Waals surface area contributed by atoms with Crippen LogP contribution in [0.4, 0.5) is 5.69 Å². The first kappa shape index (κ1) is 23.1. The van der Waals surface area contributed by atoms with Crippen molar-refractivity contribution in [3.05, 3.63) is 65.2 Å². The number of Topliss-reactive ketones (excluding diaryl/α,β-unsaturated/α-hetero) is 3. The second-order valence-electron chi connectivity index (χ2n) is 6.76. The van der Waals surface area contributed by atoms with Gasteiger partial charge in [0.2, 0.25) is 5.91 Å². The summed E-state index contributed by atoms with van der Waals surface area (Å²) in [6.07, 6.45) is 0.226. The lowest BCUT2D eigenvalue weighted by Gasteiger charge is -2.07. The van der Waals surface area contributed by atoms with E-state index in [0.717, 1.165) is 5.56 Å². The lowest BCUT2D eigenvalue weighted by atomic mass is 10.1. The number of ketones is 3. The molecule has 0 saturated carbocycles. The molecule has 0 atom stereocenters. The fourth-order valence-electron chi connectivity index (χ4n) is 2.59. The van der Waals surface area contributed by atoms with Gasteiger partial charge in [0.05, 0.1) is 13.2 Å². The number of carbonyl (C=O) groups excluding carboxylic acids is 4. The zero-order chi connectivity index (χ0) is 21.9. The molecule has 0 unspecified atom stereocenters. The standard InChI is InChI=1S/C23H25NO6/c1-16(25)19-5-3-18(4-6-19)13-22(27)14-29-11-12-30-15-23(28)24-21-9-7-20(8-10-21)17(2)26/h3-10H,11-15H2,1-2H3,(H,24,28). The summed E-state index contributed by atoms with van der Waals surface area (Å²) in [6, 6.07) is 13.5. The first-order valence-electron chi connectivity index (χ1n) is 9.53. The van der Waals surface area contributed by atoms with Crippen molar-refractivity contribution in [2.24, 2.45) is 0 Å². The van der Waals surface area contributed by atoms with Crippen molar-refractivity contribution in [2.45, 2.75) is 20.3 Å². The summed E-state index contributed by atoms with van der Waals surface area (Å²) < 4.78 is 10.5. The quantitative estimate of drug-likeness (QED) is 0.426. The van der Waals surface area contributed by atoms with Crippen LogP contribution in [0.25, 0.3) is 0 Å². The molecule has 0 aromatic heterocycles. The Morgan fingerprint density at radius 2 is 1.23 bits per heavy atom. The average molecular weight is 411 g/mol. The van der Waals surface area contributed by atoms with Gasteiger partial charge in [-0.25, -0.2) is 0 Å². The van der Waals surface area contributed by atoms with Gasteiger partial charge in [0, 0.05) is 23.2 Å². The lowest BCUT2D eigenvalue weighted by molar-refractivity contribution is -0.125. The van der Waals surface area contributed by atoms with E-state index in [1.807, 2.05) is 0 Å². The molecule has 1 amide bonds. The first-order chi connectivity index (χ1) is 14.3. The Kier molecular flexibility index (Phi) is 9.05. The topological polar surface area (TPSA) is 98.8 Å². The van der Waals surface area contributed by atoms with Gasteiger partial charge in [-0.2, -0.15) is 0 Å². The summed E-state index contributed by atoms with van der Waals surface area (Å²) in [7, 11) is 0.